The number of hydrogen-bond donors (Lipinski definition) is 1. The van der Waals surface area contributed by atoms with Gasteiger partial charge in [0.25, 0.3) is 0 Å². The second kappa shape index (κ2) is 5.63. The SMILES string of the molecule is CC(NC1CCCC(C)(C)C1)c1ccc(Cl)cc1. The molecule has 1 aliphatic carbocycles. The van der Waals surface area contributed by atoms with Crippen LogP contribution in [0, 0.1) is 5.41 Å². The van der Waals surface area contributed by atoms with E-state index in [0.717, 1.165) is 5.02 Å². The van der Waals surface area contributed by atoms with Crippen molar-refractivity contribution in [3.05, 3.63) is 34.9 Å². The summed E-state index contributed by atoms with van der Waals surface area (Å²) >= 11 is 5.93. The highest BCUT2D eigenvalue weighted by molar-refractivity contribution is 6.30. The summed E-state index contributed by atoms with van der Waals surface area (Å²) in [6.45, 7) is 7.01. The van der Waals surface area contributed by atoms with Gasteiger partial charge in [0.2, 0.25) is 0 Å². The van der Waals surface area contributed by atoms with Gasteiger partial charge in [0.05, 0.1) is 0 Å². The first-order valence-corrected chi connectivity index (χ1v) is 7.36. The Bertz CT molecular complexity index is 383. The van der Waals surface area contributed by atoms with Gasteiger partial charge in [0, 0.05) is 17.1 Å². The van der Waals surface area contributed by atoms with Crippen molar-refractivity contribution in [3.63, 3.8) is 0 Å². The lowest BCUT2D eigenvalue weighted by atomic mass is 9.75. The number of benzene rings is 1. The predicted molar refractivity (Wildman–Crippen MR) is 79.0 cm³/mol. The first kappa shape index (κ1) is 13.9. The molecule has 100 valence electrons. The van der Waals surface area contributed by atoms with Gasteiger partial charge < -0.3 is 5.32 Å². The Kier molecular flexibility index (Phi) is 4.34. The number of halogens is 1. The summed E-state index contributed by atoms with van der Waals surface area (Å²) in [6.07, 6.45) is 5.30. The normalized spacial score (nSPS) is 24.8. The Labute approximate surface area is 116 Å². The molecule has 1 aromatic carbocycles. The molecule has 2 heteroatoms. The summed E-state index contributed by atoms with van der Waals surface area (Å²) in [5.41, 5.74) is 1.82. The molecule has 1 fully saturated rings. The monoisotopic (exact) mass is 265 g/mol. The van der Waals surface area contributed by atoms with Crippen LogP contribution < -0.4 is 5.32 Å². The van der Waals surface area contributed by atoms with Crippen LogP contribution in [-0.2, 0) is 0 Å². The molecule has 1 N–H and O–H groups in total. The van der Waals surface area contributed by atoms with E-state index < -0.39 is 0 Å². The largest absolute Gasteiger partial charge is 0.307 e. The molecule has 0 aromatic heterocycles. The fourth-order valence-corrected chi connectivity index (χ4v) is 3.17. The molecule has 0 aliphatic heterocycles. The van der Waals surface area contributed by atoms with Gasteiger partial charge in [0.15, 0.2) is 0 Å². The molecule has 0 heterocycles. The summed E-state index contributed by atoms with van der Waals surface area (Å²) < 4.78 is 0. The average Bonchev–Trinajstić information content (AvgIpc) is 2.28. The molecule has 2 rings (SSSR count). The van der Waals surface area contributed by atoms with Crippen LogP contribution in [0.1, 0.15) is 58.1 Å². The maximum Gasteiger partial charge on any atom is 0.0406 e. The number of nitrogens with one attached hydrogen (secondary N) is 1. The topological polar surface area (TPSA) is 12.0 Å². The molecule has 0 bridgehead atoms. The lowest BCUT2D eigenvalue weighted by molar-refractivity contribution is 0.191. The Hall–Kier alpha value is -0.530. The van der Waals surface area contributed by atoms with Crippen molar-refractivity contribution >= 4 is 11.6 Å². The van der Waals surface area contributed by atoms with E-state index in [2.05, 4.69) is 38.2 Å². The van der Waals surface area contributed by atoms with E-state index in [1.165, 1.54) is 31.2 Å². The fraction of sp³-hybridized carbons (Fsp3) is 0.625. The van der Waals surface area contributed by atoms with Gasteiger partial charge in [0.1, 0.15) is 0 Å². The number of hydrogen-bond acceptors (Lipinski definition) is 1. The van der Waals surface area contributed by atoms with Gasteiger partial charge in [-0.2, -0.15) is 0 Å². The Balaban J connectivity index is 1.94. The van der Waals surface area contributed by atoms with Crippen molar-refractivity contribution in [1.82, 2.24) is 5.32 Å². The van der Waals surface area contributed by atoms with Crippen molar-refractivity contribution < 1.29 is 0 Å². The maximum atomic E-state index is 5.93. The van der Waals surface area contributed by atoms with Gasteiger partial charge in [-0.3, -0.25) is 0 Å². The van der Waals surface area contributed by atoms with Gasteiger partial charge >= 0.3 is 0 Å². The molecule has 18 heavy (non-hydrogen) atoms. The van der Waals surface area contributed by atoms with E-state index in [4.69, 9.17) is 11.6 Å². The van der Waals surface area contributed by atoms with E-state index in [9.17, 15) is 0 Å². The second-order valence-electron chi connectivity index (χ2n) is 6.40. The van der Waals surface area contributed by atoms with Gasteiger partial charge in [-0.05, 0) is 49.3 Å². The predicted octanol–water partition coefficient (Wildman–Crippen LogP) is 4.96. The molecule has 0 amide bonds. The molecule has 0 radical (unpaired) electrons. The fourth-order valence-electron chi connectivity index (χ4n) is 3.04. The van der Waals surface area contributed by atoms with Crippen LogP contribution in [0.3, 0.4) is 0 Å². The zero-order valence-electron chi connectivity index (χ0n) is 11.7. The quantitative estimate of drug-likeness (QED) is 0.815. The summed E-state index contributed by atoms with van der Waals surface area (Å²) in [7, 11) is 0. The zero-order chi connectivity index (χ0) is 13.2. The van der Waals surface area contributed by atoms with Crippen LogP contribution in [0.25, 0.3) is 0 Å². The van der Waals surface area contributed by atoms with Gasteiger partial charge in [-0.15, -0.1) is 0 Å². The van der Waals surface area contributed by atoms with Crippen LogP contribution >= 0.6 is 11.6 Å². The first-order valence-electron chi connectivity index (χ1n) is 6.98. The van der Waals surface area contributed by atoms with E-state index >= 15 is 0 Å². The summed E-state index contributed by atoms with van der Waals surface area (Å²) in [5, 5.41) is 4.58. The van der Waals surface area contributed by atoms with Crippen molar-refractivity contribution in [3.8, 4) is 0 Å². The summed E-state index contributed by atoms with van der Waals surface area (Å²) in [4.78, 5) is 0. The van der Waals surface area contributed by atoms with E-state index in [0.29, 0.717) is 17.5 Å². The Morgan fingerprint density at radius 1 is 1.28 bits per heavy atom. The minimum atomic E-state index is 0.404. The minimum Gasteiger partial charge on any atom is -0.307 e. The van der Waals surface area contributed by atoms with Crippen LogP contribution in [0.2, 0.25) is 5.02 Å². The number of rotatable bonds is 3. The average molecular weight is 266 g/mol. The van der Waals surface area contributed by atoms with Crippen molar-refractivity contribution in [1.29, 1.82) is 0 Å². The third kappa shape index (κ3) is 3.73. The van der Waals surface area contributed by atoms with Gasteiger partial charge in [-0.1, -0.05) is 44.0 Å². The molecule has 0 spiro atoms. The molecular formula is C16H24ClN. The highest BCUT2D eigenvalue weighted by atomic mass is 35.5. The minimum absolute atomic E-state index is 0.404. The molecule has 1 saturated carbocycles. The lowest BCUT2D eigenvalue weighted by Crippen LogP contribution is -2.38. The standard InChI is InChI=1S/C16H24ClN/c1-12(13-6-8-14(17)9-7-13)18-15-5-4-10-16(2,3)11-15/h6-9,12,15,18H,4-5,10-11H2,1-3H3. The third-order valence-electron chi connectivity index (χ3n) is 4.06. The van der Waals surface area contributed by atoms with Crippen molar-refractivity contribution in [2.45, 2.75) is 58.5 Å². The molecule has 2 unspecified atom stereocenters. The highest BCUT2D eigenvalue weighted by Crippen LogP contribution is 2.35. The van der Waals surface area contributed by atoms with Crippen LogP contribution in [0.5, 0.6) is 0 Å². The van der Waals surface area contributed by atoms with Crippen LogP contribution in [-0.4, -0.2) is 6.04 Å². The van der Waals surface area contributed by atoms with E-state index in [-0.39, 0.29) is 0 Å². The van der Waals surface area contributed by atoms with Crippen molar-refractivity contribution in [2.24, 2.45) is 5.41 Å². The smallest absolute Gasteiger partial charge is 0.0406 e. The molecule has 2 atom stereocenters. The van der Waals surface area contributed by atoms with E-state index in [1.54, 1.807) is 0 Å². The molecule has 1 nitrogen and oxygen atoms in total. The molecule has 0 saturated heterocycles. The second-order valence-corrected chi connectivity index (χ2v) is 6.83. The van der Waals surface area contributed by atoms with Gasteiger partial charge in [-0.25, -0.2) is 0 Å². The Morgan fingerprint density at radius 2 is 1.94 bits per heavy atom. The first-order chi connectivity index (χ1) is 8.46. The van der Waals surface area contributed by atoms with Crippen LogP contribution in [0.15, 0.2) is 24.3 Å². The molecule has 1 aliphatic rings. The lowest BCUT2D eigenvalue weighted by Gasteiger charge is -2.37. The maximum absolute atomic E-state index is 5.93. The Morgan fingerprint density at radius 3 is 2.56 bits per heavy atom. The van der Waals surface area contributed by atoms with Crippen LogP contribution in [0.4, 0.5) is 0 Å². The highest BCUT2D eigenvalue weighted by Gasteiger charge is 2.28. The molecule has 1 aromatic rings. The molecular weight excluding hydrogens is 242 g/mol. The summed E-state index contributed by atoms with van der Waals surface area (Å²) in [5.74, 6) is 0. The summed E-state index contributed by atoms with van der Waals surface area (Å²) in [6, 6.07) is 9.24. The van der Waals surface area contributed by atoms with Crippen molar-refractivity contribution in [2.75, 3.05) is 0 Å². The van der Waals surface area contributed by atoms with E-state index in [1.807, 2.05) is 12.1 Å². The zero-order valence-corrected chi connectivity index (χ0v) is 12.4. The third-order valence-corrected chi connectivity index (χ3v) is 4.31.